The fraction of sp³-hybridized carbons (Fsp3) is 0.286. The van der Waals surface area contributed by atoms with Gasteiger partial charge in [0.15, 0.2) is 0 Å². The lowest BCUT2D eigenvalue weighted by atomic mass is 9.82. The molecular weight excluding hydrogens is 265 g/mol. The Labute approximate surface area is 114 Å². The summed E-state index contributed by atoms with van der Waals surface area (Å²) in [5.74, 6) is -3.72. The molecule has 2 aliphatic heterocycles. The second kappa shape index (κ2) is 4.72. The SMILES string of the molecule is O=C(O)[C@@H]1[C@H](C(=O)Nc2cccc(F)c2)[C@H]2C=C[C@@H]1O2. The van der Waals surface area contributed by atoms with Gasteiger partial charge in [0.2, 0.25) is 5.91 Å². The molecule has 3 rings (SSSR count). The van der Waals surface area contributed by atoms with Gasteiger partial charge in [0.25, 0.3) is 0 Å². The Balaban J connectivity index is 1.80. The lowest BCUT2D eigenvalue weighted by Gasteiger charge is -2.20. The molecule has 5 nitrogen and oxygen atoms in total. The summed E-state index contributed by atoms with van der Waals surface area (Å²) in [5.41, 5.74) is 0.297. The summed E-state index contributed by atoms with van der Waals surface area (Å²) >= 11 is 0. The zero-order valence-corrected chi connectivity index (χ0v) is 10.3. The van der Waals surface area contributed by atoms with Gasteiger partial charge in [-0.3, -0.25) is 9.59 Å². The molecule has 6 heteroatoms. The fourth-order valence-electron chi connectivity index (χ4n) is 2.71. The first-order chi connectivity index (χ1) is 9.56. The Morgan fingerprint density at radius 3 is 2.55 bits per heavy atom. The van der Waals surface area contributed by atoms with Crippen molar-refractivity contribution < 1.29 is 23.8 Å². The van der Waals surface area contributed by atoms with E-state index in [1.165, 1.54) is 18.2 Å². The van der Waals surface area contributed by atoms with Crippen LogP contribution < -0.4 is 5.32 Å². The first kappa shape index (κ1) is 12.8. The number of carbonyl (C=O) groups excluding carboxylic acids is 1. The highest BCUT2D eigenvalue weighted by molar-refractivity contribution is 5.96. The number of carboxylic acid groups (broad SMARTS) is 1. The second-order valence-corrected chi connectivity index (χ2v) is 4.84. The van der Waals surface area contributed by atoms with Gasteiger partial charge in [0, 0.05) is 5.69 Å². The number of carboxylic acids is 1. The number of rotatable bonds is 3. The van der Waals surface area contributed by atoms with E-state index < -0.39 is 41.7 Å². The number of ether oxygens (including phenoxy) is 1. The number of hydrogen-bond acceptors (Lipinski definition) is 3. The molecular formula is C14H12FNO4. The summed E-state index contributed by atoms with van der Waals surface area (Å²) in [5, 5.41) is 11.7. The van der Waals surface area contributed by atoms with Crippen LogP contribution in [0.3, 0.4) is 0 Å². The van der Waals surface area contributed by atoms with Crippen molar-refractivity contribution in [2.75, 3.05) is 5.32 Å². The maximum Gasteiger partial charge on any atom is 0.310 e. The minimum atomic E-state index is -1.07. The van der Waals surface area contributed by atoms with Crippen molar-refractivity contribution in [3.8, 4) is 0 Å². The molecule has 1 amide bonds. The molecule has 0 radical (unpaired) electrons. The van der Waals surface area contributed by atoms with E-state index in [1.807, 2.05) is 0 Å². The van der Waals surface area contributed by atoms with Gasteiger partial charge in [0.05, 0.1) is 18.1 Å². The van der Waals surface area contributed by atoms with Crippen molar-refractivity contribution in [2.24, 2.45) is 11.8 Å². The van der Waals surface area contributed by atoms with Gasteiger partial charge in [-0.15, -0.1) is 0 Å². The molecule has 1 aromatic carbocycles. The number of halogens is 1. The number of fused-ring (bicyclic) bond motifs is 2. The number of benzene rings is 1. The predicted octanol–water partition coefficient (Wildman–Crippen LogP) is 1.42. The molecule has 0 saturated carbocycles. The topological polar surface area (TPSA) is 75.6 Å². The molecule has 2 heterocycles. The maximum absolute atomic E-state index is 13.1. The van der Waals surface area contributed by atoms with E-state index in [0.29, 0.717) is 5.69 Å². The predicted molar refractivity (Wildman–Crippen MR) is 67.4 cm³/mol. The van der Waals surface area contributed by atoms with Crippen LogP contribution in [0.4, 0.5) is 10.1 Å². The van der Waals surface area contributed by atoms with Crippen LogP contribution in [0.15, 0.2) is 36.4 Å². The van der Waals surface area contributed by atoms with E-state index in [0.717, 1.165) is 0 Å². The monoisotopic (exact) mass is 277 g/mol. The molecule has 20 heavy (non-hydrogen) atoms. The number of carbonyl (C=O) groups is 2. The molecule has 0 unspecified atom stereocenters. The highest BCUT2D eigenvalue weighted by Gasteiger charge is 2.53. The fourth-order valence-corrected chi connectivity index (χ4v) is 2.71. The molecule has 1 aromatic rings. The Morgan fingerprint density at radius 2 is 1.90 bits per heavy atom. The van der Waals surface area contributed by atoms with Crippen LogP contribution in [0.2, 0.25) is 0 Å². The van der Waals surface area contributed by atoms with Crippen molar-refractivity contribution in [2.45, 2.75) is 12.2 Å². The third-order valence-corrected chi connectivity index (χ3v) is 3.58. The minimum absolute atomic E-state index is 0.297. The van der Waals surface area contributed by atoms with Gasteiger partial charge >= 0.3 is 5.97 Å². The highest BCUT2D eigenvalue weighted by atomic mass is 19.1. The highest BCUT2D eigenvalue weighted by Crippen LogP contribution is 2.39. The second-order valence-electron chi connectivity index (χ2n) is 4.84. The Kier molecular flexibility index (Phi) is 3.02. The lowest BCUT2D eigenvalue weighted by molar-refractivity contribution is -0.145. The molecule has 0 aromatic heterocycles. The summed E-state index contributed by atoms with van der Waals surface area (Å²) in [4.78, 5) is 23.5. The molecule has 1 saturated heterocycles. The third-order valence-electron chi connectivity index (χ3n) is 3.58. The van der Waals surface area contributed by atoms with Crippen LogP contribution in [-0.4, -0.2) is 29.2 Å². The van der Waals surface area contributed by atoms with Crippen molar-refractivity contribution in [3.05, 3.63) is 42.2 Å². The van der Waals surface area contributed by atoms with Gasteiger partial charge in [-0.1, -0.05) is 18.2 Å². The average molecular weight is 277 g/mol. The quantitative estimate of drug-likeness (QED) is 0.819. The number of hydrogen-bond donors (Lipinski definition) is 2. The molecule has 2 bridgehead atoms. The zero-order valence-electron chi connectivity index (χ0n) is 10.3. The van der Waals surface area contributed by atoms with Gasteiger partial charge in [-0.25, -0.2) is 4.39 Å². The summed E-state index contributed by atoms with van der Waals surface area (Å²) in [6.45, 7) is 0. The summed E-state index contributed by atoms with van der Waals surface area (Å²) in [6, 6.07) is 5.45. The normalized spacial score (nSPS) is 30.4. The Hall–Kier alpha value is -2.21. The van der Waals surface area contributed by atoms with Crippen LogP contribution in [0.5, 0.6) is 0 Å². The van der Waals surface area contributed by atoms with E-state index >= 15 is 0 Å². The number of aliphatic carboxylic acids is 1. The van der Waals surface area contributed by atoms with Crippen LogP contribution in [0, 0.1) is 17.7 Å². The van der Waals surface area contributed by atoms with Crippen molar-refractivity contribution >= 4 is 17.6 Å². The largest absolute Gasteiger partial charge is 0.481 e. The molecule has 0 spiro atoms. The van der Waals surface area contributed by atoms with Crippen LogP contribution in [-0.2, 0) is 14.3 Å². The van der Waals surface area contributed by atoms with E-state index in [9.17, 15) is 19.1 Å². The maximum atomic E-state index is 13.1. The van der Waals surface area contributed by atoms with Crippen molar-refractivity contribution in [1.82, 2.24) is 0 Å². The van der Waals surface area contributed by atoms with Crippen molar-refractivity contribution in [1.29, 1.82) is 0 Å². The van der Waals surface area contributed by atoms with E-state index in [4.69, 9.17) is 4.74 Å². The Bertz CT molecular complexity index is 601. The first-order valence-corrected chi connectivity index (χ1v) is 6.19. The van der Waals surface area contributed by atoms with Crippen LogP contribution in [0.1, 0.15) is 0 Å². The molecule has 104 valence electrons. The average Bonchev–Trinajstić information content (AvgIpc) is 2.98. The summed E-state index contributed by atoms with van der Waals surface area (Å²) < 4.78 is 18.5. The van der Waals surface area contributed by atoms with Gasteiger partial charge in [0.1, 0.15) is 11.7 Å². The zero-order chi connectivity index (χ0) is 14.3. The summed E-state index contributed by atoms with van der Waals surface area (Å²) in [7, 11) is 0. The lowest BCUT2D eigenvalue weighted by Crippen LogP contribution is -2.39. The Morgan fingerprint density at radius 1 is 1.20 bits per heavy atom. The summed E-state index contributed by atoms with van der Waals surface area (Å²) in [6.07, 6.45) is 2.26. The van der Waals surface area contributed by atoms with Gasteiger partial charge in [-0.05, 0) is 18.2 Å². The minimum Gasteiger partial charge on any atom is -0.481 e. The third kappa shape index (κ3) is 2.08. The van der Waals surface area contributed by atoms with E-state index in [1.54, 1.807) is 18.2 Å². The molecule has 2 aliphatic rings. The first-order valence-electron chi connectivity index (χ1n) is 6.19. The molecule has 4 atom stereocenters. The van der Waals surface area contributed by atoms with E-state index in [-0.39, 0.29) is 0 Å². The van der Waals surface area contributed by atoms with Crippen LogP contribution in [0.25, 0.3) is 0 Å². The molecule has 1 fully saturated rings. The van der Waals surface area contributed by atoms with E-state index in [2.05, 4.69) is 5.32 Å². The van der Waals surface area contributed by atoms with Crippen LogP contribution >= 0.6 is 0 Å². The van der Waals surface area contributed by atoms with Gasteiger partial charge in [-0.2, -0.15) is 0 Å². The number of anilines is 1. The number of nitrogens with one attached hydrogen (secondary N) is 1. The smallest absolute Gasteiger partial charge is 0.310 e. The number of amides is 1. The molecule has 2 N–H and O–H groups in total. The molecule has 0 aliphatic carbocycles. The van der Waals surface area contributed by atoms with Gasteiger partial charge < -0.3 is 15.2 Å². The van der Waals surface area contributed by atoms with Crippen molar-refractivity contribution in [3.63, 3.8) is 0 Å². The standard InChI is InChI=1S/C14H12FNO4/c15-7-2-1-3-8(6-7)16-13(17)11-9-4-5-10(20-9)12(11)14(18)19/h1-6,9-12H,(H,16,17)(H,18,19)/t9-,10+,11-,12+/m1/s1.